The largest absolute Gasteiger partial charge is 0.326 e. The number of aryl methyl sites for hydroxylation is 3. The number of hydrogen-bond acceptors (Lipinski definition) is 5. The summed E-state index contributed by atoms with van der Waals surface area (Å²) >= 11 is 1.50. The molecule has 1 heterocycles. The lowest BCUT2D eigenvalue weighted by atomic mass is 10.1. The van der Waals surface area contributed by atoms with Gasteiger partial charge in [0.2, 0.25) is 10.0 Å². The molecule has 0 bridgehead atoms. The van der Waals surface area contributed by atoms with Gasteiger partial charge < -0.3 is 5.73 Å². The van der Waals surface area contributed by atoms with Crippen LogP contribution in [-0.2, 0) is 23.1 Å². The summed E-state index contributed by atoms with van der Waals surface area (Å²) in [6.07, 6.45) is 0. The van der Waals surface area contributed by atoms with Crippen molar-refractivity contribution >= 4 is 21.4 Å². The van der Waals surface area contributed by atoms with Crippen LogP contribution in [0.25, 0.3) is 0 Å². The molecule has 0 saturated heterocycles. The van der Waals surface area contributed by atoms with Gasteiger partial charge >= 0.3 is 0 Å². The number of nitrogens with zero attached hydrogens (tertiary/aromatic N) is 1. The molecule has 0 unspecified atom stereocenters. The summed E-state index contributed by atoms with van der Waals surface area (Å²) in [5.74, 6) is 0. The van der Waals surface area contributed by atoms with Gasteiger partial charge in [-0.15, -0.1) is 11.3 Å². The molecule has 0 aliphatic carbocycles. The van der Waals surface area contributed by atoms with E-state index in [2.05, 4.69) is 9.71 Å². The van der Waals surface area contributed by atoms with E-state index in [-0.39, 0.29) is 11.4 Å². The fourth-order valence-electron chi connectivity index (χ4n) is 2.12. The third-order valence-corrected chi connectivity index (χ3v) is 5.62. The highest BCUT2D eigenvalue weighted by Crippen LogP contribution is 2.20. The molecule has 1 aromatic carbocycles. The summed E-state index contributed by atoms with van der Waals surface area (Å²) < 4.78 is 27.5. The molecule has 21 heavy (non-hydrogen) atoms. The minimum Gasteiger partial charge on any atom is -0.326 e. The summed E-state index contributed by atoms with van der Waals surface area (Å²) in [5.41, 5.74) is 8.94. The van der Waals surface area contributed by atoms with Crippen LogP contribution in [0.5, 0.6) is 0 Å². The number of thiazole rings is 1. The summed E-state index contributed by atoms with van der Waals surface area (Å²) in [4.78, 5) is 4.53. The zero-order chi connectivity index (χ0) is 15.6. The Morgan fingerprint density at radius 3 is 2.52 bits per heavy atom. The standard InChI is InChI=1S/C14H19N3O2S2/c1-9-4-10(2)14(5-12(9)6-15)21(18,19)16-7-13-8-20-11(3)17-13/h4-5,8,16H,6-7,15H2,1-3H3. The zero-order valence-corrected chi connectivity index (χ0v) is 13.9. The lowest BCUT2D eigenvalue weighted by Crippen LogP contribution is -2.24. The topological polar surface area (TPSA) is 85.1 Å². The molecular formula is C14H19N3O2S2. The Hall–Kier alpha value is -1.28. The van der Waals surface area contributed by atoms with Gasteiger partial charge in [0.25, 0.3) is 0 Å². The molecule has 2 rings (SSSR count). The van der Waals surface area contributed by atoms with Gasteiger partial charge in [-0.3, -0.25) is 0 Å². The first-order chi connectivity index (χ1) is 9.83. The number of aromatic nitrogens is 1. The van der Waals surface area contributed by atoms with Crippen LogP contribution in [0.4, 0.5) is 0 Å². The predicted octanol–water partition coefficient (Wildman–Crippen LogP) is 2.01. The van der Waals surface area contributed by atoms with Crippen molar-refractivity contribution in [1.82, 2.24) is 9.71 Å². The average Bonchev–Trinajstić information content (AvgIpc) is 2.82. The number of rotatable bonds is 5. The Morgan fingerprint density at radius 2 is 1.95 bits per heavy atom. The first-order valence-corrected chi connectivity index (χ1v) is 8.90. The summed E-state index contributed by atoms with van der Waals surface area (Å²) in [7, 11) is -3.57. The number of nitrogens with two attached hydrogens (primary N) is 1. The van der Waals surface area contributed by atoms with E-state index in [4.69, 9.17) is 5.73 Å². The molecule has 1 aromatic heterocycles. The van der Waals surface area contributed by atoms with Crippen molar-refractivity contribution in [3.63, 3.8) is 0 Å². The Kier molecular flexibility index (Phi) is 4.77. The molecule has 114 valence electrons. The number of nitrogens with one attached hydrogen (secondary N) is 1. The minimum absolute atomic E-state index is 0.192. The highest BCUT2D eigenvalue weighted by atomic mass is 32.2. The van der Waals surface area contributed by atoms with E-state index in [1.54, 1.807) is 13.0 Å². The average molecular weight is 325 g/mol. The zero-order valence-electron chi connectivity index (χ0n) is 12.3. The molecule has 7 heteroatoms. The van der Waals surface area contributed by atoms with E-state index in [1.165, 1.54) is 11.3 Å². The lowest BCUT2D eigenvalue weighted by molar-refractivity contribution is 0.579. The third kappa shape index (κ3) is 3.68. The molecule has 0 aliphatic rings. The second-order valence-electron chi connectivity index (χ2n) is 4.93. The van der Waals surface area contributed by atoms with Crippen molar-refractivity contribution in [2.75, 3.05) is 0 Å². The molecule has 0 radical (unpaired) electrons. The maximum atomic E-state index is 12.4. The van der Waals surface area contributed by atoms with Gasteiger partial charge in [-0.25, -0.2) is 18.1 Å². The van der Waals surface area contributed by atoms with E-state index < -0.39 is 10.0 Å². The first-order valence-electron chi connectivity index (χ1n) is 6.54. The summed E-state index contributed by atoms with van der Waals surface area (Å²) in [6.45, 7) is 6.12. The second-order valence-corrected chi connectivity index (χ2v) is 7.73. The van der Waals surface area contributed by atoms with Gasteiger partial charge in [-0.1, -0.05) is 6.07 Å². The van der Waals surface area contributed by atoms with Crippen LogP contribution >= 0.6 is 11.3 Å². The molecule has 0 atom stereocenters. The van der Waals surface area contributed by atoms with Crippen molar-refractivity contribution in [2.45, 2.75) is 38.8 Å². The predicted molar refractivity (Wildman–Crippen MR) is 84.7 cm³/mol. The molecule has 0 aliphatic heterocycles. The van der Waals surface area contributed by atoms with Gasteiger partial charge in [0.05, 0.1) is 22.1 Å². The monoisotopic (exact) mass is 325 g/mol. The van der Waals surface area contributed by atoms with Crippen LogP contribution in [0.1, 0.15) is 27.4 Å². The molecule has 0 spiro atoms. The first kappa shape index (κ1) is 16.1. The van der Waals surface area contributed by atoms with Crippen LogP contribution in [0.15, 0.2) is 22.4 Å². The van der Waals surface area contributed by atoms with Gasteiger partial charge in [0, 0.05) is 11.9 Å². The molecule has 3 N–H and O–H groups in total. The fraction of sp³-hybridized carbons (Fsp3) is 0.357. The molecule has 2 aromatic rings. The molecular weight excluding hydrogens is 306 g/mol. The third-order valence-electron chi connectivity index (χ3n) is 3.25. The number of sulfonamides is 1. The van der Waals surface area contributed by atoms with Gasteiger partial charge in [-0.2, -0.15) is 0 Å². The van der Waals surface area contributed by atoms with E-state index in [9.17, 15) is 8.42 Å². The molecule has 5 nitrogen and oxygen atoms in total. The Bertz CT molecular complexity index is 752. The summed E-state index contributed by atoms with van der Waals surface area (Å²) in [6, 6.07) is 3.50. The van der Waals surface area contributed by atoms with E-state index in [0.717, 1.165) is 21.8 Å². The Labute approximate surface area is 129 Å². The van der Waals surface area contributed by atoms with Crippen LogP contribution in [0.2, 0.25) is 0 Å². The number of hydrogen-bond donors (Lipinski definition) is 2. The fourth-order valence-corrected chi connectivity index (χ4v) is 4.01. The van der Waals surface area contributed by atoms with Crippen molar-refractivity contribution in [3.05, 3.63) is 44.9 Å². The Morgan fingerprint density at radius 1 is 1.24 bits per heavy atom. The Balaban J connectivity index is 2.27. The maximum Gasteiger partial charge on any atom is 0.241 e. The molecule has 0 saturated carbocycles. The normalized spacial score (nSPS) is 11.8. The van der Waals surface area contributed by atoms with Crippen molar-refractivity contribution in [2.24, 2.45) is 5.73 Å². The van der Waals surface area contributed by atoms with E-state index in [0.29, 0.717) is 12.1 Å². The van der Waals surface area contributed by atoms with Gasteiger partial charge in [0.1, 0.15) is 0 Å². The second kappa shape index (κ2) is 6.23. The molecule has 0 fully saturated rings. The van der Waals surface area contributed by atoms with Crippen LogP contribution in [0.3, 0.4) is 0 Å². The van der Waals surface area contributed by atoms with E-state index >= 15 is 0 Å². The maximum absolute atomic E-state index is 12.4. The van der Waals surface area contributed by atoms with Crippen LogP contribution in [-0.4, -0.2) is 13.4 Å². The molecule has 0 amide bonds. The van der Waals surface area contributed by atoms with Crippen molar-refractivity contribution in [1.29, 1.82) is 0 Å². The van der Waals surface area contributed by atoms with Crippen LogP contribution < -0.4 is 10.5 Å². The summed E-state index contributed by atoms with van der Waals surface area (Å²) in [5, 5.41) is 2.77. The van der Waals surface area contributed by atoms with Crippen LogP contribution in [0, 0.1) is 20.8 Å². The van der Waals surface area contributed by atoms with E-state index in [1.807, 2.05) is 25.3 Å². The minimum atomic E-state index is -3.57. The highest BCUT2D eigenvalue weighted by molar-refractivity contribution is 7.89. The van der Waals surface area contributed by atoms with Crippen molar-refractivity contribution < 1.29 is 8.42 Å². The lowest BCUT2D eigenvalue weighted by Gasteiger charge is -2.12. The van der Waals surface area contributed by atoms with Gasteiger partial charge in [0.15, 0.2) is 0 Å². The highest BCUT2D eigenvalue weighted by Gasteiger charge is 2.18. The SMILES string of the molecule is Cc1nc(CNS(=O)(=O)c2cc(CN)c(C)cc2C)cs1. The van der Waals surface area contributed by atoms with Crippen molar-refractivity contribution in [3.8, 4) is 0 Å². The quantitative estimate of drug-likeness (QED) is 0.880. The number of benzene rings is 1. The van der Waals surface area contributed by atoms with Gasteiger partial charge in [-0.05, 0) is 43.5 Å². The smallest absolute Gasteiger partial charge is 0.241 e.